The fourth-order valence-electron chi connectivity index (χ4n) is 3.75. The molecule has 0 spiro atoms. The molecule has 0 N–H and O–H groups in total. The van der Waals surface area contributed by atoms with Gasteiger partial charge in [0.15, 0.2) is 17.3 Å². The lowest BCUT2D eigenvalue weighted by atomic mass is 9.83. The molecule has 0 heterocycles. The molecule has 29 heavy (non-hydrogen) atoms. The number of carbonyl (C=O) groups is 3. The van der Waals surface area contributed by atoms with Crippen LogP contribution in [0.5, 0.6) is 0 Å². The zero-order chi connectivity index (χ0) is 21.5. The normalized spacial score (nSPS) is 10.2. The second-order valence-electron chi connectivity index (χ2n) is 6.58. The Morgan fingerprint density at radius 3 is 1.69 bits per heavy atom. The molecule has 0 aliphatic rings. The molecule has 0 aliphatic carbocycles. The minimum Gasteiger partial charge on any atom is -0.294 e. The summed E-state index contributed by atoms with van der Waals surface area (Å²) in [6.07, 6.45) is 0. The SMILES string of the molecule is CC(=O)c1ccc2ccc3c(C#N)c(C#N)c(C#N)c(C(C)=O)c3c2c1C(C)=O. The van der Waals surface area contributed by atoms with Gasteiger partial charge in [0.1, 0.15) is 18.2 Å². The van der Waals surface area contributed by atoms with Gasteiger partial charge in [0.05, 0.1) is 16.7 Å². The number of rotatable bonds is 3. The van der Waals surface area contributed by atoms with Crippen molar-refractivity contribution < 1.29 is 14.4 Å². The highest BCUT2D eigenvalue weighted by Gasteiger charge is 2.26. The Balaban J connectivity index is 2.87. The van der Waals surface area contributed by atoms with Crippen LogP contribution >= 0.6 is 0 Å². The predicted octanol–water partition coefficient (Wildman–Crippen LogP) is 4.22. The molecule has 0 atom stereocenters. The van der Waals surface area contributed by atoms with Crippen LogP contribution in [-0.4, -0.2) is 17.3 Å². The summed E-state index contributed by atoms with van der Waals surface area (Å²) in [5, 5.41) is 30.3. The summed E-state index contributed by atoms with van der Waals surface area (Å²) in [6, 6.07) is 12.1. The molecule has 0 radical (unpaired) electrons. The van der Waals surface area contributed by atoms with Gasteiger partial charge in [-0.25, -0.2) is 0 Å². The van der Waals surface area contributed by atoms with E-state index < -0.39 is 5.78 Å². The maximum Gasteiger partial charge on any atom is 0.161 e. The fourth-order valence-corrected chi connectivity index (χ4v) is 3.75. The Morgan fingerprint density at radius 2 is 1.21 bits per heavy atom. The first-order valence-corrected chi connectivity index (χ1v) is 8.60. The van der Waals surface area contributed by atoms with Gasteiger partial charge in [-0.1, -0.05) is 24.3 Å². The van der Waals surface area contributed by atoms with E-state index in [1.54, 1.807) is 24.3 Å². The van der Waals surface area contributed by atoms with E-state index in [1.807, 2.05) is 18.2 Å². The van der Waals surface area contributed by atoms with Crippen LogP contribution in [0.2, 0.25) is 0 Å². The molecule has 0 amide bonds. The number of benzene rings is 3. The highest BCUT2D eigenvalue weighted by atomic mass is 16.1. The van der Waals surface area contributed by atoms with E-state index in [4.69, 9.17) is 0 Å². The zero-order valence-corrected chi connectivity index (χ0v) is 15.9. The van der Waals surface area contributed by atoms with Gasteiger partial charge in [0, 0.05) is 32.8 Å². The number of carbonyl (C=O) groups excluding carboxylic acids is 3. The number of nitrogens with zero attached hydrogens (tertiary/aromatic N) is 3. The van der Waals surface area contributed by atoms with Crippen LogP contribution in [0.1, 0.15) is 68.5 Å². The van der Waals surface area contributed by atoms with Gasteiger partial charge in [-0.15, -0.1) is 0 Å². The van der Waals surface area contributed by atoms with Crippen molar-refractivity contribution in [2.75, 3.05) is 0 Å². The topological polar surface area (TPSA) is 123 Å². The molecule has 0 aromatic heterocycles. The third-order valence-corrected chi connectivity index (χ3v) is 4.87. The number of nitriles is 3. The summed E-state index contributed by atoms with van der Waals surface area (Å²) in [5.41, 5.74) is -0.159. The predicted molar refractivity (Wildman–Crippen MR) is 106 cm³/mol. The average Bonchev–Trinajstić information content (AvgIpc) is 2.69. The van der Waals surface area contributed by atoms with Crippen LogP contribution in [0, 0.1) is 34.0 Å². The second kappa shape index (κ2) is 7.00. The van der Waals surface area contributed by atoms with E-state index in [0.717, 1.165) is 0 Å². The van der Waals surface area contributed by atoms with Gasteiger partial charge in [-0.2, -0.15) is 15.8 Å². The molecular formula is C23H13N3O3. The molecule has 6 nitrogen and oxygen atoms in total. The number of Topliss-reactive ketones (excluding diaryl/α,β-unsaturated/α-hetero) is 3. The zero-order valence-electron chi connectivity index (χ0n) is 15.9. The van der Waals surface area contributed by atoms with Crippen LogP contribution in [0.3, 0.4) is 0 Å². The Hall–Kier alpha value is -4.34. The van der Waals surface area contributed by atoms with Crippen LogP contribution in [0.25, 0.3) is 21.5 Å². The second-order valence-corrected chi connectivity index (χ2v) is 6.58. The third kappa shape index (κ3) is 2.74. The Labute approximate surface area is 166 Å². The highest BCUT2D eigenvalue weighted by molar-refractivity contribution is 6.27. The van der Waals surface area contributed by atoms with Crippen LogP contribution in [0.4, 0.5) is 0 Å². The third-order valence-electron chi connectivity index (χ3n) is 4.87. The molecule has 0 bridgehead atoms. The van der Waals surface area contributed by atoms with Crippen molar-refractivity contribution in [2.45, 2.75) is 20.8 Å². The van der Waals surface area contributed by atoms with E-state index in [1.165, 1.54) is 20.8 Å². The maximum atomic E-state index is 12.6. The Morgan fingerprint density at radius 1 is 0.655 bits per heavy atom. The summed E-state index contributed by atoms with van der Waals surface area (Å²) < 4.78 is 0. The summed E-state index contributed by atoms with van der Waals surface area (Å²) in [4.78, 5) is 37.2. The van der Waals surface area contributed by atoms with Crippen molar-refractivity contribution >= 4 is 38.9 Å². The molecule has 3 rings (SSSR count). The monoisotopic (exact) mass is 379 g/mol. The van der Waals surface area contributed by atoms with Gasteiger partial charge >= 0.3 is 0 Å². The van der Waals surface area contributed by atoms with Crippen LogP contribution in [0.15, 0.2) is 24.3 Å². The minimum atomic E-state index is -0.484. The molecular weight excluding hydrogens is 366 g/mol. The van der Waals surface area contributed by atoms with Crippen LogP contribution in [-0.2, 0) is 0 Å². The first-order valence-electron chi connectivity index (χ1n) is 8.60. The van der Waals surface area contributed by atoms with E-state index >= 15 is 0 Å². The number of hydrogen-bond acceptors (Lipinski definition) is 6. The lowest BCUT2D eigenvalue weighted by Crippen LogP contribution is -2.09. The molecule has 0 fully saturated rings. The molecule has 138 valence electrons. The summed E-state index contributed by atoms with van der Waals surface area (Å²) in [7, 11) is 0. The van der Waals surface area contributed by atoms with E-state index in [2.05, 4.69) is 0 Å². The molecule has 0 saturated carbocycles. The van der Waals surface area contributed by atoms with Gasteiger partial charge in [0.2, 0.25) is 0 Å². The average molecular weight is 379 g/mol. The number of hydrogen-bond donors (Lipinski definition) is 0. The minimum absolute atomic E-state index is 0.0353. The smallest absolute Gasteiger partial charge is 0.161 e. The lowest BCUT2D eigenvalue weighted by Gasteiger charge is -2.16. The largest absolute Gasteiger partial charge is 0.294 e. The Bertz CT molecular complexity index is 1410. The molecule has 6 heteroatoms. The van der Waals surface area contributed by atoms with E-state index in [9.17, 15) is 30.2 Å². The summed E-state index contributed by atoms with van der Waals surface area (Å²) in [6.45, 7) is 3.90. The van der Waals surface area contributed by atoms with Crippen molar-refractivity contribution in [1.29, 1.82) is 15.8 Å². The number of ketones is 3. The summed E-state index contributed by atoms with van der Waals surface area (Å²) in [5.74, 6) is -1.19. The standard InChI is InChI=1S/C23H13N3O3/c1-11(27)15-6-4-14-5-7-16-17(8-24)18(9-25)19(10-26)21(13(3)29)23(16)22(14)20(15)12(2)28/h4-7H,1-3H3. The van der Waals surface area contributed by atoms with Gasteiger partial charge < -0.3 is 0 Å². The van der Waals surface area contributed by atoms with Crippen molar-refractivity contribution in [3.05, 3.63) is 57.6 Å². The highest BCUT2D eigenvalue weighted by Crippen LogP contribution is 2.38. The first-order chi connectivity index (χ1) is 13.8. The van der Waals surface area contributed by atoms with Gasteiger partial charge in [0.25, 0.3) is 0 Å². The maximum absolute atomic E-state index is 12.6. The quantitative estimate of drug-likeness (QED) is 0.496. The van der Waals surface area contributed by atoms with Crippen molar-refractivity contribution in [2.24, 2.45) is 0 Å². The van der Waals surface area contributed by atoms with E-state index in [0.29, 0.717) is 10.8 Å². The van der Waals surface area contributed by atoms with Crippen molar-refractivity contribution in [3.63, 3.8) is 0 Å². The number of fused-ring (bicyclic) bond motifs is 3. The first kappa shape index (κ1) is 19.4. The van der Waals surface area contributed by atoms with Crippen molar-refractivity contribution in [1.82, 2.24) is 0 Å². The molecule has 0 saturated heterocycles. The van der Waals surface area contributed by atoms with Crippen LogP contribution < -0.4 is 0 Å². The van der Waals surface area contributed by atoms with E-state index in [-0.39, 0.29) is 55.7 Å². The fraction of sp³-hybridized carbons (Fsp3) is 0.130. The van der Waals surface area contributed by atoms with Crippen molar-refractivity contribution in [3.8, 4) is 18.2 Å². The lowest BCUT2D eigenvalue weighted by molar-refractivity contribution is 0.0982. The Kier molecular flexibility index (Phi) is 4.69. The molecule has 0 unspecified atom stereocenters. The van der Waals surface area contributed by atoms with Gasteiger partial charge in [-0.3, -0.25) is 14.4 Å². The summed E-state index contributed by atoms with van der Waals surface area (Å²) >= 11 is 0. The molecule has 3 aromatic rings. The molecule has 0 aliphatic heterocycles. The molecule has 3 aromatic carbocycles. The van der Waals surface area contributed by atoms with Gasteiger partial charge in [-0.05, 0) is 26.2 Å².